The number of anilines is 3. The van der Waals surface area contributed by atoms with Crippen molar-refractivity contribution in [3.63, 3.8) is 0 Å². The molecule has 1 saturated heterocycles. The summed E-state index contributed by atoms with van der Waals surface area (Å²) in [4.78, 5) is 1.96. The Morgan fingerprint density at radius 2 is 1.59 bits per heavy atom. The lowest BCUT2D eigenvalue weighted by Crippen LogP contribution is -2.24. The van der Waals surface area contributed by atoms with E-state index in [1.54, 1.807) is 0 Å². The molecular weight excluding hydrogens is 385 g/mol. The summed E-state index contributed by atoms with van der Waals surface area (Å²) in [6, 6.07) is 6.29. The number of halogens is 5. The van der Waals surface area contributed by atoms with Gasteiger partial charge >= 0.3 is 6.18 Å². The fraction of sp³-hybridized carbons (Fsp3) is 0.278. The number of thiocarbonyl (C=S) groups is 1. The second kappa shape index (κ2) is 7.67. The molecule has 1 heterocycles. The van der Waals surface area contributed by atoms with Gasteiger partial charge in [0.1, 0.15) is 11.6 Å². The van der Waals surface area contributed by atoms with Crippen LogP contribution in [0.1, 0.15) is 18.4 Å². The Kier molecular flexibility index (Phi) is 5.50. The molecule has 0 aliphatic carbocycles. The Morgan fingerprint density at radius 3 is 2.22 bits per heavy atom. The summed E-state index contributed by atoms with van der Waals surface area (Å²) in [7, 11) is 0. The van der Waals surface area contributed by atoms with Crippen molar-refractivity contribution in [2.24, 2.45) is 0 Å². The molecule has 1 fully saturated rings. The summed E-state index contributed by atoms with van der Waals surface area (Å²) in [5, 5.41) is 5.15. The first kappa shape index (κ1) is 19.3. The molecule has 27 heavy (non-hydrogen) atoms. The Bertz CT molecular complexity index is 847. The summed E-state index contributed by atoms with van der Waals surface area (Å²) < 4.78 is 66.0. The molecule has 0 aromatic heterocycles. The quantitative estimate of drug-likeness (QED) is 0.533. The second-order valence-corrected chi connectivity index (χ2v) is 6.54. The standard InChI is InChI=1S/C18H16F5N3S/c19-12-4-5-14(13(20)10-12)24-17(27)25-15-9-11(18(21,22)23)3-6-16(15)26-7-1-2-8-26/h3-6,9-10H,1-2,7-8H2,(H2,24,25,27). The predicted octanol–water partition coefficient (Wildman–Crippen LogP) is 5.39. The van der Waals surface area contributed by atoms with Crippen LogP contribution in [0.4, 0.5) is 39.0 Å². The molecule has 0 spiro atoms. The van der Waals surface area contributed by atoms with Crippen LogP contribution in [-0.2, 0) is 6.18 Å². The third kappa shape index (κ3) is 4.65. The van der Waals surface area contributed by atoms with Gasteiger partial charge in [-0.1, -0.05) is 0 Å². The van der Waals surface area contributed by atoms with Crippen molar-refractivity contribution in [3.8, 4) is 0 Å². The summed E-state index contributed by atoms with van der Waals surface area (Å²) in [5.74, 6) is -1.60. The lowest BCUT2D eigenvalue weighted by atomic mass is 10.1. The first-order valence-electron chi connectivity index (χ1n) is 8.23. The Hall–Kier alpha value is -2.42. The molecule has 3 nitrogen and oxygen atoms in total. The largest absolute Gasteiger partial charge is 0.416 e. The zero-order chi connectivity index (χ0) is 19.6. The highest BCUT2D eigenvalue weighted by Gasteiger charge is 2.31. The van der Waals surface area contributed by atoms with Crippen LogP contribution < -0.4 is 15.5 Å². The van der Waals surface area contributed by atoms with Crippen molar-refractivity contribution < 1.29 is 22.0 Å². The van der Waals surface area contributed by atoms with Gasteiger partial charge in [0.2, 0.25) is 0 Å². The first-order chi connectivity index (χ1) is 12.7. The van der Waals surface area contributed by atoms with Crippen LogP contribution in [0.15, 0.2) is 36.4 Å². The van der Waals surface area contributed by atoms with Crippen molar-refractivity contribution in [1.29, 1.82) is 0 Å². The van der Waals surface area contributed by atoms with E-state index in [1.807, 2.05) is 4.90 Å². The summed E-state index contributed by atoms with van der Waals surface area (Å²) >= 11 is 5.10. The van der Waals surface area contributed by atoms with E-state index in [0.29, 0.717) is 11.8 Å². The first-order valence-corrected chi connectivity index (χ1v) is 8.64. The molecule has 0 saturated carbocycles. The second-order valence-electron chi connectivity index (χ2n) is 6.13. The van der Waals surface area contributed by atoms with E-state index in [0.717, 1.165) is 50.2 Å². The maximum atomic E-state index is 13.7. The molecule has 0 atom stereocenters. The minimum atomic E-state index is -4.50. The van der Waals surface area contributed by atoms with Gasteiger partial charge in [0.15, 0.2) is 5.11 Å². The van der Waals surface area contributed by atoms with Gasteiger partial charge in [-0.3, -0.25) is 0 Å². The van der Waals surface area contributed by atoms with Gasteiger partial charge in [0, 0.05) is 19.2 Å². The van der Waals surface area contributed by atoms with Crippen molar-refractivity contribution >= 4 is 34.4 Å². The van der Waals surface area contributed by atoms with Gasteiger partial charge in [-0.15, -0.1) is 0 Å². The maximum absolute atomic E-state index is 13.7. The molecular formula is C18H16F5N3S. The van der Waals surface area contributed by atoms with Gasteiger partial charge in [-0.25, -0.2) is 8.78 Å². The van der Waals surface area contributed by atoms with Gasteiger partial charge in [0.25, 0.3) is 0 Å². The summed E-state index contributed by atoms with van der Waals surface area (Å²) in [6.07, 6.45) is -2.61. The number of benzene rings is 2. The van der Waals surface area contributed by atoms with Crippen molar-refractivity contribution in [2.75, 3.05) is 28.6 Å². The normalized spacial score (nSPS) is 14.3. The summed E-state index contributed by atoms with van der Waals surface area (Å²) in [6.45, 7) is 1.46. The minimum absolute atomic E-state index is 0.0800. The average molecular weight is 401 g/mol. The fourth-order valence-corrected chi connectivity index (χ4v) is 3.13. The van der Waals surface area contributed by atoms with Gasteiger partial charge < -0.3 is 15.5 Å². The molecule has 3 rings (SSSR count). The Morgan fingerprint density at radius 1 is 0.926 bits per heavy atom. The number of nitrogens with one attached hydrogen (secondary N) is 2. The third-order valence-corrected chi connectivity index (χ3v) is 4.40. The van der Waals surface area contributed by atoms with Crippen LogP contribution in [0.25, 0.3) is 0 Å². The van der Waals surface area contributed by atoms with E-state index in [9.17, 15) is 22.0 Å². The van der Waals surface area contributed by atoms with Gasteiger partial charge in [-0.05, 0) is 55.4 Å². The van der Waals surface area contributed by atoms with E-state index in [1.165, 1.54) is 6.07 Å². The Labute approximate surface area is 158 Å². The molecule has 144 valence electrons. The van der Waals surface area contributed by atoms with E-state index >= 15 is 0 Å². The molecule has 9 heteroatoms. The van der Waals surface area contributed by atoms with Crippen LogP contribution in [0.5, 0.6) is 0 Å². The molecule has 0 unspecified atom stereocenters. The molecule has 1 aliphatic rings. The highest BCUT2D eigenvalue weighted by Crippen LogP contribution is 2.36. The van der Waals surface area contributed by atoms with E-state index < -0.39 is 23.4 Å². The molecule has 2 aromatic rings. The SMILES string of the molecule is Fc1ccc(NC(=S)Nc2cc(C(F)(F)F)ccc2N2CCCC2)c(F)c1. The molecule has 0 bridgehead atoms. The van der Waals surface area contributed by atoms with Crippen molar-refractivity contribution in [1.82, 2.24) is 0 Å². The lowest BCUT2D eigenvalue weighted by molar-refractivity contribution is -0.137. The molecule has 2 N–H and O–H groups in total. The number of alkyl halides is 3. The zero-order valence-electron chi connectivity index (χ0n) is 14.0. The van der Waals surface area contributed by atoms with Crippen LogP contribution >= 0.6 is 12.2 Å². The van der Waals surface area contributed by atoms with E-state index in [-0.39, 0.29) is 16.5 Å². The van der Waals surface area contributed by atoms with Crippen LogP contribution in [0, 0.1) is 11.6 Å². The van der Waals surface area contributed by atoms with Crippen molar-refractivity contribution in [2.45, 2.75) is 19.0 Å². The topological polar surface area (TPSA) is 27.3 Å². The average Bonchev–Trinajstić information content (AvgIpc) is 3.11. The molecule has 2 aromatic carbocycles. The molecule has 0 amide bonds. The highest BCUT2D eigenvalue weighted by atomic mass is 32.1. The predicted molar refractivity (Wildman–Crippen MR) is 99.1 cm³/mol. The fourth-order valence-electron chi connectivity index (χ4n) is 2.91. The minimum Gasteiger partial charge on any atom is -0.370 e. The summed E-state index contributed by atoms with van der Waals surface area (Å²) in [5.41, 5.74) is -0.136. The number of rotatable bonds is 3. The van der Waals surface area contributed by atoms with Gasteiger partial charge in [-0.2, -0.15) is 13.2 Å². The van der Waals surface area contributed by atoms with Gasteiger partial charge in [0.05, 0.1) is 22.6 Å². The maximum Gasteiger partial charge on any atom is 0.416 e. The van der Waals surface area contributed by atoms with E-state index in [4.69, 9.17) is 12.2 Å². The monoisotopic (exact) mass is 401 g/mol. The molecule has 1 aliphatic heterocycles. The number of nitrogens with zero attached hydrogens (tertiary/aromatic N) is 1. The van der Waals surface area contributed by atoms with E-state index in [2.05, 4.69) is 10.6 Å². The number of hydrogen-bond acceptors (Lipinski definition) is 2. The Balaban J connectivity index is 1.85. The lowest BCUT2D eigenvalue weighted by Gasteiger charge is -2.23. The van der Waals surface area contributed by atoms with Crippen molar-refractivity contribution in [3.05, 3.63) is 53.6 Å². The molecule has 0 radical (unpaired) electrons. The highest BCUT2D eigenvalue weighted by molar-refractivity contribution is 7.80. The number of hydrogen-bond donors (Lipinski definition) is 2. The van der Waals surface area contributed by atoms with Crippen LogP contribution in [-0.4, -0.2) is 18.2 Å². The smallest absolute Gasteiger partial charge is 0.370 e. The van der Waals surface area contributed by atoms with Crippen LogP contribution in [0.2, 0.25) is 0 Å². The zero-order valence-corrected chi connectivity index (χ0v) is 14.9. The third-order valence-electron chi connectivity index (χ3n) is 4.20. The van der Waals surface area contributed by atoms with Crippen LogP contribution in [0.3, 0.4) is 0 Å².